The number of halogens is 4. The van der Waals surface area contributed by atoms with Gasteiger partial charge in [0, 0.05) is 37.6 Å². The van der Waals surface area contributed by atoms with Crippen LogP contribution in [0, 0.1) is 5.92 Å². The van der Waals surface area contributed by atoms with Crippen LogP contribution in [0.15, 0.2) is 6.07 Å². The Bertz CT molecular complexity index is 617. The van der Waals surface area contributed by atoms with E-state index in [9.17, 15) is 18.0 Å². The molecule has 2 heterocycles. The minimum absolute atomic E-state index is 0. The number of carbonyl (C=O) groups is 1. The van der Waals surface area contributed by atoms with E-state index in [0.29, 0.717) is 37.0 Å². The zero-order valence-corrected chi connectivity index (χ0v) is 16.3. The number of nitrogens with zero attached hydrogens (tertiary/aromatic N) is 1. The normalized spacial score (nSPS) is 22.2. The number of hydrogen-bond acceptors (Lipinski definition) is 4. The predicted octanol–water partition coefficient (Wildman–Crippen LogP) is 2.86. The number of aryl methyl sites for hydroxylation is 1. The first-order chi connectivity index (χ1) is 11.8. The molecule has 148 valence electrons. The molecule has 0 radical (unpaired) electrons. The quantitative estimate of drug-likeness (QED) is 0.800. The van der Waals surface area contributed by atoms with Crippen molar-refractivity contribution in [1.82, 2.24) is 15.5 Å². The average molecular weight is 412 g/mol. The first-order valence-corrected chi connectivity index (χ1v) is 9.57. The van der Waals surface area contributed by atoms with Gasteiger partial charge in [-0.25, -0.2) is 0 Å². The van der Waals surface area contributed by atoms with E-state index in [0.717, 1.165) is 19.3 Å². The van der Waals surface area contributed by atoms with E-state index in [1.165, 1.54) is 26.7 Å². The van der Waals surface area contributed by atoms with Crippen molar-refractivity contribution in [3.63, 3.8) is 0 Å². The third-order valence-corrected chi connectivity index (χ3v) is 6.22. The van der Waals surface area contributed by atoms with Crippen LogP contribution in [0.25, 0.3) is 0 Å². The van der Waals surface area contributed by atoms with Crippen LogP contribution in [0.3, 0.4) is 0 Å². The maximum atomic E-state index is 13.4. The van der Waals surface area contributed by atoms with E-state index >= 15 is 0 Å². The summed E-state index contributed by atoms with van der Waals surface area (Å²) in [7, 11) is 0. The van der Waals surface area contributed by atoms with E-state index < -0.39 is 24.7 Å². The fourth-order valence-corrected chi connectivity index (χ4v) is 4.66. The van der Waals surface area contributed by atoms with Crippen LogP contribution in [-0.2, 0) is 12.8 Å². The predicted molar refractivity (Wildman–Crippen MR) is 99.4 cm³/mol. The van der Waals surface area contributed by atoms with Gasteiger partial charge < -0.3 is 10.6 Å². The summed E-state index contributed by atoms with van der Waals surface area (Å²) in [5, 5.41) is 5.56. The van der Waals surface area contributed by atoms with Crippen LogP contribution in [0.1, 0.15) is 33.5 Å². The topological polar surface area (TPSA) is 44.4 Å². The first kappa shape index (κ1) is 21.5. The first-order valence-electron chi connectivity index (χ1n) is 8.76. The number of piperazine rings is 1. The Morgan fingerprint density at radius 3 is 2.77 bits per heavy atom. The lowest BCUT2D eigenvalue weighted by Crippen LogP contribution is -2.57. The zero-order valence-electron chi connectivity index (χ0n) is 14.7. The molecule has 1 aromatic heterocycles. The number of amides is 1. The Morgan fingerprint density at radius 1 is 1.42 bits per heavy atom. The third kappa shape index (κ3) is 5.12. The van der Waals surface area contributed by atoms with Crippen LogP contribution in [-0.4, -0.2) is 55.7 Å². The molecule has 3 rings (SSSR count). The van der Waals surface area contributed by atoms with Gasteiger partial charge in [0.25, 0.3) is 5.91 Å². The van der Waals surface area contributed by atoms with Crippen molar-refractivity contribution >= 4 is 29.7 Å². The fourth-order valence-electron chi connectivity index (χ4n) is 3.54. The number of alkyl halides is 3. The van der Waals surface area contributed by atoms with Gasteiger partial charge in [-0.1, -0.05) is 6.92 Å². The van der Waals surface area contributed by atoms with Gasteiger partial charge >= 0.3 is 6.18 Å². The number of nitrogens with one attached hydrogen (secondary N) is 2. The number of fused-ring (bicyclic) bond motifs is 1. The van der Waals surface area contributed by atoms with Gasteiger partial charge in [-0.2, -0.15) is 13.2 Å². The molecule has 1 fully saturated rings. The van der Waals surface area contributed by atoms with Gasteiger partial charge in [0.05, 0.1) is 4.88 Å². The summed E-state index contributed by atoms with van der Waals surface area (Å²) in [4.78, 5) is 15.5. The van der Waals surface area contributed by atoms with Crippen LogP contribution in [0.5, 0.6) is 0 Å². The van der Waals surface area contributed by atoms with Crippen molar-refractivity contribution in [2.45, 2.75) is 38.4 Å². The third-order valence-electron chi connectivity index (χ3n) is 4.98. The molecule has 1 aliphatic carbocycles. The van der Waals surface area contributed by atoms with Crippen molar-refractivity contribution in [3.8, 4) is 0 Å². The molecule has 26 heavy (non-hydrogen) atoms. The molecular weight excluding hydrogens is 387 g/mol. The Hall–Kier alpha value is -0.830. The highest BCUT2D eigenvalue weighted by molar-refractivity contribution is 7.14. The second kappa shape index (κ2) is 8.91. The molecule has 2 aliphatic rings. The molecule has 1 saturated heterocycles. The van der Waals surface area contributed by atoms with Crippen molar-refractivity contribution in [1.29, 1.82) is 0 Å². The van der Waals surface area contributed by atoms with Crippen LogP contribution >= 0.6 is 23.7 Å². The molecule has 1 amide bonds. The van der Waals surface area contributed by atoms with Gasteiger partial charge in [-0.3, -0.25) is 9.69 Å². The Labute approximate surface area is 161 Å². The number of rotatable bonds is 4. The molecule has 2 unspecified atom stereocenters. The Kier molecular flexibility index (Phi) is 7.35. The minimum Gasteiger partial charge on any atom is -0.349 e. The van der Waals surface area contributed by atoms with E-state index in [1.807, 2.05) is 6.07 Å². The van der Waals surface area contributed by atoms with Gasteiger partial charge in [-0.15, -0.1) is 23.7 Å². The molecule has 0 saturated carbocycles. The summed E-state index contributed by atoms with van der Waals surface area (Å²) in [6.07, 6.45) is -1.34. The molecule has 0 spiro atoms. The molecule has 4 nitrogen and oxygen atoms in total. The monoisotopic (exact) mass is 411 g/mol. The maximum absolute atomic E-state index is 13.4. The molecule has 1 aliphatic heterocycles. The smallest absolute Gasteiger partial charge is 0.349 e. The lowest BCUT2D eigenvalue weighted by molar-refractivity contribution is -0.183. The van der Waals surface area contributed by atoms with E-state index in [1.54, 1.807) is 0 Å². The van der Waals surface area contributed by atoms with Crippen molar-refractivity contribution in [3.05, 3.63) is 21.4 Å². The molecular formula is C17H25ClF3N3OS. The fraction of sp³-hybridized carbons (Fsp3) is 0.706. The molecule has 2 atom stereocenters. The minimum atomic E-state index is -4.35. The zero-order chi connectivity index (χ0) is 18.0. The summed E-state index contributed by atoms with van der Waals surface area (Å²) in [5.41, 5.74) is 1.18. The van der Waals surface area contributed by atoms with Crippen LogP contribution in [0.4, 0.5) is 13.2 Å². The second-order valence-corrected chi connectivity index (χ2v) is 8.10. The lowest BCUT2D eigenvalue weighted by Gasteiger charge is -2.35. The van der Waals surface area contributed by atoms with Gasteiger partial charge in [0.15, 0.2) is 0 Å². The van der Waals surface area contributed by atoms with E-state index in [4.69, 9.17) is 0 Å². The van der Waals surface area contributed by atoms with Crippen molar-refractivity contribution < 1.29 is 18.0 Å². The highest BCUT2D eigenvalue weighted by Crippen LogP contribution is 2.32. The van der Waals surface area contributed by atoms with Crippen molar-refractivity contribution in [2.75, 3.05) is 32.7 Å². The van der Waals surface area contributed by atoms with Crippen LogP contribution < -0.4 is 10.6 Å². The highest BCUT2D eigenvalue weighted by Gasteiger charge is 2.43. The molecule has 0 bridgehead atoms. The number of carbonyl (C=O) groups excluding carboxylic acids is 1. The van der Waals surface area contributed by atoms with Gasteiger partial charge in [0.2, 0.25) is 0 Å². The van der Waals surface area contributed by atoms with Crippen LogP contribution in [0.2, 0.25) is 0 Å². The largest absolute Gasteiger partial charge is 0.405 e. The standard InChI is InChI=1S/C17H24F3N3OS.ClH/c1-11-2-3-13-12(8-11)9-14(25-13)16(24)22-10-15(17(18,19)20)23-6-4-21-5-7-23;/h9,11,15,21H,2-8,10H2,1H3,(H,22,24);1H. The maximum Gasteiger partial charge on any atom is 0.405 e. The average Bonchev–Trinajstić information content (AvgIpc) is 2.98. The van der Waals surface area contributed by atoms with Gasteiger partial charge in [-0.05, 0) is 36.8 Å². The van der Waals surface area contributed by atoms with E-state index in [2.05, 4.69) is 17.6 Å². The summed E-state index contributed by atoms with van der Waals surface area (Å²) in [6, 6.07) is 0.228. The number of thiophene rings is 1. The Morgan fingerprint density at radius 2 is 2.12 bits per heavy atom. The molecule has 9 heteroatoms. The van der Waals surface area contributed by atoms with Gasteiger partial charge in [0.1, 0.15) is 6.04 Å². The molecule has 0 aromatic carbocycles. The van der Waals surface area contributed by atoms with E-state index in [-0.39, 0.29) is 12.4 Å². The second-order valence-electron chi connectivity index (χ2n) is 6.96. The summed E-state index contributed by atoms with van der Waals surface area (Å²) in [6.45, 7) is 3.53. The summed E-state index contributed by atoms with van der Waals surface area (Å²) < 4.78 is 40.1. The summed E-state index contributed by atoms with van der Waals surface area (Å²) in [5.74, 6) is 0.205. The Balaban J connectivity index is 0.00000243. The SMILES string of the molecule is CC1CCc2sc(C(=O)NCC(N3CCNCC3)C(F)(F)F)cc2C1.Cl. The van der Waals surface area contributed by atoms with Crippen molar-refractivity contribution in [2.24, 2.45) is 5.92 Å². The lowest BCUT2D eigenvalue weighted by atomic mass is 9.90. The highest BCUT2D eigenvalue weighted by atomic mass is 35.5. The molecule has 1 aromatic rings. The summed E-state index contributed by atoms with van der Waals surface area (Å²) >= 11 is 1.42. The number of hydrogen-bond donors (Lipinski definition) is 2. The molecule has 2 N–H and O–H groups in total.